The van der Waals surface area contributed by atoms with Gasteiger partial charge in [-0.3, -0.25) is 9.59 Å². The van der Waals surface area contributed by atoms with Crippen molar-refractivity contribution >= 4 is 11.8 Å². The van der Waals surface area contributed by atoms with Crippen molar-refractivity contribution in [1.82, 2.24) is 10.2 Å². The van der Waals surface area contributed by atoms with Gasteiger partial charge in [-0.1, -0.05) is 13.8 Å². The maximum absolute atomic E-state index is 11.7. The fourth-order valence-electron chi connectivity index (χ4n) is 1.74. The number of nitrogens with zero attached hydrogens (tertiary/aromatic N) is 1. The van der Waals surface area contributed by atoms with E-state index < -0.39 is 6.04 Å². The molecule has 1 unspecified atom stereocenters. The predicted octanol–water partition coefficient (Wildman–Crippen LogP) is 0.396. The topological polar surface area (TPSA) is 58.6 Å². The summed E-state index contributed by atoms with van der Waals surface area (Å²) in [6.45, 7) is 8.05. The summed E-state index contributed by atoms with van der Waals surface area (Å²) in [6.07, 6.45) is 0.776. The molecule has 1 aliphatic rings. The molecule has 0 spiro atoms. The average molecular weight is 242 g/mol. The summed E-state index contributed by atoms with van der Waals surface area (Å²) in [7, 11) is 0. The van der Waals surface area contributed by atoms with E-state index in [2.05, 4.69) is 19.2 Å². The van der Waals surface area contributed by atoms with Gasteiger partial charge in [-0.15, -0.1) is 0 Å². The first-order valence-corrected chi connectivity index (χ1v) is 6.16. The summed E-state index contributed by atoms with van der Waals surface area (Å²) in [4.78, 5) is 24.6. The van der Waals surface area contributed by atoms with Gasteiger partial charge in [0.15, 0.2) is 0 Å². The molecular weight excluding hydrogens is 220 g/mol. The Hall–Kier alpha value is -1.10. The van der Waals surface area contributed by atoms with Gasteiger partial charge >= 0.3 is 0 Å². The number of nitrogens with one attached hydrogen (secondary N) is 1. The Morgan fingerprint density at radius 3 is 2.82 bits per heavy atom. The van der Waals surface area contributed by atoms with Crippen molar-refractivity contribution in [3.05, 3.63) is 0 Å². The number of carbonyl (C=O) groups excluding carboxylic acids is 2. The van der Waals surface area contributed by atoms with E-state index in [0.717, 1.165) is 13.0 Å². The SMILES string of the molecule is CC(C)COCCCN1CC(=O)NC(C)C1=O. The van der Waals surface area contributed by atoms with Crippen LogP contribution < -0.4 is 5.32 Å². The van der Waals surface area contributed by atoms with Crippen molar-refractivity contribution in [1.29, 1.82) is 0 Å². The zero-order valence-electron chi connectivity index (χ0n) is 10.9. The predicted molar refractivity (Wildman–Crippen MR) is 64.5 cm³/mol. The van der Waals surface area contributed by atoms with Crippen molar-refractivity contribution in [3.63, 3.8) is 0 Å². The molecule has 5 nitrogen and oxygen atoms in total. The Bertz CT molecular complexity index is 279. The number of rotatable bonds is 6. The van der Waals surface area contributed by atoms with Crippen LogP contribution >= 0.6 is 0 Å². The number of hydrogen-bond donors (Lipinski definition) is 1. The summed E-state index contributed by atoms with van der Waals surface area (Å²) < 4.78 is 5.44. The van der Waals surface area contributed by atoms with Crippen molar-refractivity contribution < 1.29 is 14.3 Å². The smallest absolute Gasteiger partial charge is 0.245 e. The Balaban J connectivity index is 2.21. The molecule has 0 aromatic rings. The van der Waals surface area contributed by atoms with Gasteiger partial charge in [0.2, 0.25) is 11.8 Å². The molecule has 0 radical (unpaired) electrons. The number of ether oxygens (including phenoxy) is 1. The molecule has 1 saturated heterocycles. The van der Waals surface area contributed by atoms with Crippen LogP contribution in [0.15, 0.2) is 0 Å². The molecule has 1 aliphatic heterocycles. The van der Waals surface area contributed by atoms with Crippen LogP contribution in [-0.4, -0.2) is 49.1 Å². The van der Waals surface area contributed by atoms with Crippen molar-refractivity contribution in [2.45, 2.75) is 33.2 Å². The number of piperazine rings is 1. The maximum atomic E-state index is 11.7. The molecule has 1 fully saturated rings. The highest BCUT2D eigenvalue weighted by Gasteiger charge is 2.28. The molecule has 0 bridgehead atoms. The minimum atomic E-state index is -0.396. The van der Waals surface area contributed by atoms with Crippen molar-refractivity contribution in [2.75, 3.05) is 26.3 Å². The Morgan fingerprint density at radius 2 is 2.18 bits per heavy atom. The summed E-state index contributed by atoms with van der Waals surface area (Å²) in [6, 6.07) is -0.396. The average Bonchev–Trinajstić information content (AvgIpc) is 2.23. The number of carbonyl (C=O) groups is 2. The van der Waals surface area contributed by atoms with Gasteiger partial charge in [0.25, 0.3) is 0 Å². The lowest BCUT2D eigenvalue weighted by Crippen LogP contribution is -2.56. The van der Waals surface area contributed by atoms with Crippen LogP contribution in [0.2, 0.25) is 0 Å². The molecule has 1 rings (SSSR count). The van der Waals surface area contributed by atoms with E-state index in [1.165, 1.54) is 0 Å². The first-order valence-electron chi connectivity index (χ1n) is 6.16. The summed E-state index contributed by atoms with van der Waals surface area (Å²) in [5.41, 5.74) is 0. The third-order valence-corrected chi connectivity index (χ3v) is 2.56. The van der Waals surface area contributed by atoms with E-state index in [4.69, 9.17) is 4.74 Å². The first-order chi connectivity index (χ1) is 8.00. The highest BCUT2D eigenvalue weighted by atomic mass is 16.5. The van der Waals surface area contributed by atoms with Gasteiger partial charge in [0.05, 0.1) is 6.54 Å². The molecule has 98 valence electrons. The van der Waals surface area contributed by atoms with E-state index in [-0.39, 0.29) is 18.4 Å². The molecule has 1 heterocycles. The van der Waals surface area contributed by atoms with Gasteiger partial charge < -0.3 is 15.0 Å². The van der Waals surface area contributed by atoms with Crippen LogP contribution in [0.5, 0.6) is 0 Å². The molecule has 0 aliphatic carbocycles. The summed E-state index contributed by atoms with van der Waals surface area (Å²) in [5.74, 6) is 0.436. The van der Waals surface area contributed by atoms with Crippen molar-refractivity contribution in [2.24, 2.45) is 5.92 Å². The standard InChI is InChI=1S/C12H22N2O3/c1-9(2)8-17-6-4-5-14-7-11(15)13-10(3)12(14)16/h9-10H,4-8H2,1-3H3,(H,13,15). The maximum Gasteiger partial charge on any atom is 0.245 e. The van der Waals surface area contributed by atoms with E-state index >= 15 is 0 Å². The van der Waals surface area contributed by atoms with Gasteiger partial charge in [-0.2, -0.15) is 0 Å². The van der Waals surface area contributed by atoms with E-state index in [1.807, 2.05) is 0 Å². The Morgan fingerprint density at radius 1 is 1.47 bits per heavy atom. The molecular formula is C12H22N2O3. The van der Waals surface area contributed by atoms with E-state index in [9.17, 15) is 9.59 Å². The van der Waals surface area contributed by atoms with Gasteiger partial charge in [-0.25, -0.2) is 0 Å². The first kappa shape index (κ1) is 14.0. The third kappa shape index (κ3) is 4.73. The van der Waals surface area contributed by atoms with E-state index in [1.54, 1.807) is 11.8 Å². The molecule has 0 saturated carbocycles. The molecule has 5 heteroatoms. The molecule has 17 heavy (non-hydrogen) atoms. The largest absolute Gasteiger partial charge is 0.381 e. The second kappa shape index (κ2) is 6.59. The molecule has 2 amide bonds. The van der Waals surface area contributed by atoms with Crippen LogP contribution in [0.4, 0.5) is 0 Å². The minimum Gasteiger partial charge on any atom is -0.381 e. The van der Waals surface area contributed by atoms with E-state index in [0.29, 0.717) is 19.1 Å². The number of amides is 2. The second-order valence-electron chi connectivity index (χ2n) is 4.87. The van der Waals surface area contributed by atoms with Crippen LogP contribution in [0.1, 0.15) is 27.2 Å². The van der Waals surface area contributed by atoms with Gasteiger partial charge in [0.1, 0.15) is 6.04 Å². The third-order valence-electron chi connectivity index (χ3n) is 2.56. The normalized spacial score (nSPS) is 20.9. The highest BCUT2D eigenvalue weighted by Crippen LogP contribution is 2.03. The monoisotopic (exact) mass is 242 g/mol. The molecule has 1 atom stereocenters. The van der Waals surface area contributed by atoms with Crippen LogP contribution in [0.3, 0.4) is 0 Å². The molecule has 0 aromatic carbocycles. The quantitative estimate of drug-likeness (QED) is 0.686. The summed E-state index contributed by atoms with van der Waals surface area (Å²) in [5, 5.41) is 2.61. The number of hydrogen-bond acceptors (Lipinski definition) is 3. The van der Waals surface area contributed by atoms with Crippen LogP contribution in [-0.2, 0) is 14.3 Å². The lowest BCUT2D eigenvalue weighted by Gasteiger charge is -2.30. The Kier molecular flexibility index (Phi) is 5.41. The van der Waals surface area contributed by atoms with Crippen molar-refractivity contribution in [3.8, 4) is 0 Å². The van der Waals surface area contributed by atoms with Gasteiger partial charge in [-0.05, 0) is 19.3 Å². The zero-order chi connectivity index (χ0) is 12.8. The lowest BCUT2D eigenvalue weighted by atomic mass is 10.2. The molecule has 0 aromatic heterocycles. The zero-order valence-corrected chi connectivity index (χ0v) is 10.9. The van der Waals surface area contributed by atoms with Crippen LogP contribution in [0, 0.1) is 5.92 Å². The molecule has 1 N–H and O–H groups in total. The fraction of sp³-hybridized carbons (Fsp3) is 0.833. The fourth-order valence-corrected chi connectivity index (χ4v) is 1.74. The second-order valence-corrected chi connectivity index (χ2v) is 4.87. The van der Waals surface area contributed by atoms with Gasteiger partial charge in [0, 0.05) is 19.8 Å². The lowest BCUT2D eigenvalue weighted by molar-refractivity contribution is -0.143. The summed E-state index contributed by atoms with van der Waals surface area (Å²) >= 11 is 0. The Labute approximate surface area is 102 Å². The minimum absolute atomic E-state index is 0.00606. The highest BCUT2D eigenvalue weighted by molar-refractivity contribution is 5.94. The van der Waals surface area contributed by atoms with Crippen LogP contribution in [0.25, 0.3) is 0 Å².